The summed E-state index contributed by atoms with van der Waals surface area (Å²) >= 11 is 0. The molecular formula is C10H19N3O2. The van der Waals surface area contributed by atoms with E-state index >= 15 is 0 Å². The minimum Gasteiger partial charge on any atom is -0.385 e. The summed E-state index contributed by atoms with van der Waals surface area (Å²) in [6.07, 6.45) is 0. The van der Waals surface area contributed by atoms with Crippen LogP contribution in [-0.4, -0.2) is 41.6 Å². The number of urea groups is 1. The van der Waals surface area contributed by atoms with Crippen molar-refractivity contribution in [1.82, 2.24) is 4.90 Å². The molecule has 1 aliphatic heterocycles. The fourth-order valence-corrected chi connectivity index (χ4v) is 1.85. The van der Waals surface area contributed by atoms with Gasteiger partial charge in [0.15, 0.2) is 0 Å². The van der Waals surface area contributed by atoms with Crippen molar-refractivity contribution in [3.63, 3.8) is 0 Å². The molecule has 5 heteroatoms. The van der Waals surface area contributed by atoms with E-state index in [2.05, 4.69) is 4.99 Å². The molecule has 0 aromatic rings. The molecule has 1 aliphatic rings. The lowest BCUT2D eigenvalue weighted by Crippen LogP contribution is -2.57. The number of carbonyl (C=O) groups is 1. The SMILES string of the molecule is CCOCC1(C)C(N)=NC(=O)N1C(C)C. The van der Waals surface area contributed by atoms with E-state index in [4.69, 9.17) is 10.5 Å². The first-order valence-corrected chi connectivity index (χ1v) is 5.19. The average Bonchev–Trinajstić information content (AvgIpc) is 2.35. The molecule has 0 aromatic heterocycles. The Morgan fingerprint density at radius 2 is 2.20 bits per heavy atom. The highest BCUT2D eigenvalue weighted by atomic mass is 16.5. The van der Waals surface area contributed by atoms with Crippen LogP contribution in [0.5, 0.6) is 0 Å². The molecule has 0 bridgehead atoms. The van der Waals surface area contributed by atoms with Crippen LogP contribution < -0.4 is 5.73 Å². The Bertz CT molecular complexity index is 288. The monoisotopic (exact) mass is 213 g/mol. The molecule has 0 saturated heterocycles. The summed E-state index contributed by atoms with van der Waals surface area (Å²) in [5.74, 6) is 0.342. The molecular weight excluding hydrogens is 194 g/mol. The lowest BCUT2D eigenvalue weighted by Gasteiger charge is -2.37. The summed E-state index contributed by atoms with van der Waals surface area (Å²) in [6, 6.07) is -0.211. The van der Waals surface area contributed by atoms with Crippen LogP contribution in [0.15, 0.2) is 4.99 Å². The van der Waals surface area contributed by atoms with Gasteiger partial charge in [0, 0.05) is 12.6 Å². The van der Waals surface area contributed by atoms with Crippen molar-refractivity contribution in [2.24, 2.45) is 10.7 Å². The van der Waals surface area contributed by atoms with Crippen LogP contribution >= 0.6 is 0 Å². The molecule has 86 valence electrons. The molecule has 2 amide bonds. The maximum Gasteiger partial charge on any atom is 0.346 e. The Kier molecular flexibility index (Phi) is 3.34. The quantitative estimate of drug-likeness (QED) is 0.757. The predicted molar refractivity (Wildman–Crippen MR) is 58.9 cm³/mol. The van der Waals surface area contributed by atoms with Crippen LogP contribution in [0.3, 0.4) is 0 Å². The number of nitrogens with zero attached hydrogens (tertiary/aromatic N) is 2. The van der Waals surface area contributed by atoms with Gasteiger partial charge in [0.25, 0.3) is 0 Å². The Morgan fingerprint density at radius 1 is 1.60 bits per heavy atom. The summed E-state index contributed by atoms with van der Waals surface area (Å²) in [6.45, 7) is 8.66. The predicted octanol–water partition coefficient (Wildman–Crippen LogP) is 0.983. The van der Waals surface area contributed by atoms with Crippen molar-refractivity contribution in [2.75, 3.05) is 13.2 Å². The molecule has 1 unspecified atom stereocenters. The van der Waals surface area contributed by atoms with Crippen LogP contribution in [0.2, 0.25) is 0 Å². The van der Waals surface area contributed by atoms with Gasteiger partial charge in [0.1, 0.15) is 11.4 Å². The molecule has 5 nitrogen and oxygen atoms in total. The molecule has 0 radical (unpaired) electrons. The summed E-state index contributed by atoms with van der Waals surface area (Å²) < 4.78 is 5.36. The van der Waals surface area contributed by atoms with E-state index in [1.165, 1.54) is 0 Å². The zero-order chi connectivity index (χ0) is 11.6. The maximum atomic E-state index is 11.6. The van der Waals surface area contributed by atoms with Gasteiger partial charge < -0.3 is 15.4 Å². The summed E-state index contributed by atoms with van der Waals surface area (Å²) in [5, 5.41) is 0. The lowest BCUT2D eigenvalue weighted by molar-refractivity contribution is 0.0560. The van der Waals surface area contributed by atoms with Gasteiger partial charge in [-0.25, -0.2) is 4.79 Å². The van der Waals surface area contributed by atoms with Crippen LogP contribution in [0.25, 0.3) is 0 Å². The standard InChI is InChI=1S/C10H19N3O2/c1-5-15-6-10(4)8(11)12-9(14)13(10)7(2)3/h7H,5-6H2,1-4H3,(H2,11,12,14). The molecule has 1 rings (SSSR count). The normalized spacial score (nSPS) is 26.3. The van der Waals surface area contributed by atoms with Crippen molar-refractivity contribution in [1.29, 1.82) is 0 Å². The molecule has 0 saturated carbocycles. The van der Waals surface area contributed by atoms with Crippen LogP contribution in [0.4, 0.5) is 4.79 Å². The van der Waals surface area contributed by atoms with Crippen molar-refractivity contribution >= 4 is 11.9 Å². The van der Waals surface area contributed by atoms with E-state index < -0.39 is 5.54 Å². The van der Waals surface area contributed by atoms with Crippen molar-refractivity contribution in [3.8, 4) is 0 Å². The van der Waals surface area contributed by atoms with E-state index in [-0.39, 0.29) is 12.1 Å². The minimum absolute atomic E-state index is 0.0627. The van der Waals surface area contributed by atoms with Crippen molar-refractivity contribution < 1.29 is 9.53 Å². The van der Waals surface area contributed by atoms with Crippen LogP contribution in [-0.2, 0) is 4.74 Å². The van der Waals surface area contributed by atoms with E-state index in [1.807, 2.05) is 27.7 Å². The topological polar surface area (TPSA) is 67.9 Å². The van der Waals surface area contributed by atoms with Crippen molar-refractivity contribution in [3.05, 3.63) is 0 Å². The molecule has 15 heavy (non-hydrogen) atoms. The third kappa shape index (κ3) is 1.97. The summed E-state index contributed by atoms with van der Waals surface area (Å²) in [7, 11) is 0. The highest BCUT2D eigenvalue weighted by Gasteiger charge is 2.46. The first-order valence-electron chi connectivity index (χ1n) is 5.19. The molecule has 0 spiro atoms. The van der Waals surface area contributed by atoms with Gasteiger partial charge in [0.05, 0.1) is 6.61 Å². The number of amides is 2. The zero-order valence-corrected chi connectivity index (χ0v) is 9.78. The minimum atomic E-state index is -0.596. The van der Waals surface area contributed by atoms with Gasteiger partial charge in [-0.3, -0.25) is 0 Å². The molecule has 0 aromatic carbocycles. The lowest BCUT2D eigenvalue weighted by atomic mass is 10.00. The molecule has 0 fully saturated rings. The number of hydrogen-bond acceptors (Lipinski definition) is 3. The molecule has 0 aliphatic carbocycles. The van der Waals surface area contributed by atoms with Crippen molar-refractivity contribution in [2.45, 2.75) is 39.3 Å². The van der Waals surface area contributed by atoms with Gasteiger partial charge in [-0.2, -0.15) is 4.99 Å². The van der Waals surface area contributed by atoms with Gasteiger partial charge in [-0.15, -0.1) is 0 Å². The number of carbonyl (C=O) groups excluding carboxylic acids is 1. The second kappa shape index (κ2) is 4.18. The number of hydrogen-bond donors (Lipinski definition) is 1. The number of rotatable bonds is 4. The second-order valence-electron chi connectivity index (χ2n) is 4.15. The summed E-state index contributed by atoms with van der Waals surface area (Å²) in [5.41, 5.74) is 5.18. The molecule has 1 atom stereocenters. The number of amidine groups is 1. The fourth-order valence-electron chi connectivity index (χ4n) is 1.85. The fraction of sp³-hybridized carbons (Fsp3) is 0.800. The van der Waals surface area contributed by atoms with Gasteiger partial charge >= 0.3 is 6.03 Å². The average molecular weight is 213 g/mol. The maximum absolute atomic E-state index is 11.6. The van der Waals surface area contributed by atoms with Gasteiger partial charge in [-0.1, -0.05) is 0 Å². The van der Waals surface area contributed by atoms with E-state index in [9.17, 15) is 4.79 Å². The summed E-state index contributed by atoms with van der Waals surface area (Å²) in [4.78, 5) is 17.1. The van der Waals surface area contributed by atoms with Gasteiger partial charge in [-0.05, 0) is 27.7 Å². The Labute approximate surface area is 90.3 Å². The first-order chi connectivity index (χ1) is 6.93. The Morgan fingerprint density at radius 3 is 2.67 bits per heavy atom. The Balaban J connectivity index is 2.91. The first kappa shape index (κ1) is 12.0. The highest BCUT2D eigenvalue weighted by molar-refractivity contribution is 6.05. The third-order valence-corrected chi connectivity index (χ3v) is 2.61. The molecule has 1 heterocycles. The van der Waals surface area contributed by atoms with E-state index in [1.54, 1.807) is 4.90 Å². The number of aliphatic imine (C=N–C) groups is 1. The second-order valence-corrected chi connectivity index (χ2v) is 4.15. The van der Waals surface area contributed by atoms with Gasteiger partial charge in [0.2, 0.25) is 0 Å². The van der Waals surface area contributed by atoms with Crippen LogP contribution in [0, 0.1) is 0 Å². The third-order valence-electron chi connectivity index (χ3n) is 2.61. The van der Waals surface area contributed by atoms with Crippen LogP contribution in [0.1, 0.15) is 27.7 Å². The highest BCUT2D eigenvalue weighted by Crippen LogP contribution is 2.25. The smallest absolute Gasteiger partial charge is 0.346 e. The Hall–Kier alpha value is -1.10. The zero-order valence-electron chi connectivity index (χ0n) is 9.78. The van der Waals surface area contributed by atoms with E-state index in [0.29, 0.717) is 19.0 Å². The molecule has 2 N–H and O–H groups in total. The van der Waals surface area contributed by atoms with E-state index in [0.717, 1.165) is 0 Å². The number of nitrogens with two attached hydrogens (primary N) is 1. The largest absolute Gasteiger partial charge is 0.385 e. The number of ether oxygens (including phenoxy) is 1.